The van der Waals surface area contributed by atoms with Gasteiger partial charge < -0.3 is 4.57 Å². The summed E-state index contributed by atoms with van der Waals surface area (Å²) in [6, 6.07) is 7.47. The SMILES string of the molecule is Cc1c(Cc2ccc(S(=O)(=O)N3CCCCC3)cc2)c2c(n1CC(=O)C(C)C)CCC(C)(C)C2. The molecular weight excluding hydrogens is 444 g/mol. The maximum absolute atomic E-state index is 13.0. The minimum atomic E-state index is -3.42. The fourth-order valence-corrected chi connectivity index (χ4v) is 6.98. The Labute approximate surface area is 205 Å². The third-order valence-electron chi connectivity index (χ3n) is 7.79. The third kappa shape index (κ3) is 5.03. The molecule has 0 amide bonds. The highest BCUT2D eigenvalue weighted by Gasteiger charge is 2.32. The van der Waals surface area contributed by atoms with Crippen LogP contribution in [-0.4, -0.2) is 36.2 Å². The lowest BCUT2D eigenvalue weighted by Gasteiger charge is -2.31. The fraction of sp³-hybridized carbons (Fsp3) is 0.607. The minimum absolute atomic E-state index is 0.0235. The van der Waals surface area contributed by atoms with E-state index in [1.54, 1.807) is 16.4 Å². The van der Waals surface area contributed by atoms with Gasteiger partial charge in [0.2, 0.25) is 10.0 Å². The molecule has 2 heterocycles. The highest BCUT2D eigenvalue weighted by molar-refractivity contribution is 7.89. The molecule has 34 heavy (non-hydrogen) atoms. The molecule has 1 aliphatic carbocycles. The van der Waals surface area contributed by atoms with E-state index in [0.29, 0.717) is 24.5 Å². The van der Waals surface area contributed by atoms with Gasteiger partial charge in [0.1, 0.15) is 0 Å². The summed E-state index contributed by atoms with van der Waals surface area (Å²) in [5.74, 6) is 0.292. The Morgan fingerprint density at radius 3 is 2.32 bits per heavy atom. The summed E-state index contributed by atoms with van der Waals surface area (Å²) in [7, 11) is -3.42. The number of fused-ring (bicyclic) bond motifs is 1. The average molecular weight is 485 g/mol. The second kappa shape index (κ2) is 9.62. The van der Waals surface area contributed by atoms with Gasteiger partial charge in [-0.1, -0.05) is 46.2 Å². The van der Waals surface area contributed by atoms with Gasteiger partial charge in [-0.25, -0.2) is 8.42 Å². The highest BCUT2D eigenvalue weighted by Crippen LogP contribution is 2.39. The Balaban J connectivity index is 1.63. The van der Waals surface area contributed by atoms with Crippen molar-refractivity contribution in [2.24, 2.45) is 11.3 Å². The van der Waals surface area contributed by atoms with Crippen LogP contribution in [0, 0.1) is 18.3 Å². The maximum Gasteiger partial charge on any atom is 0.243 e. The zero-order valence-electron chi connectivity index (χ0n) is 21.5. The molecule has 2 aromatic rings. The van der Waals surface area contributed by atoms with Gasteiger partial charge in [0.15, 0.2) is 5.78 Å². The second-order valence-electron chi connectivity index (χ2n) is 11.3. The van der Waals surface area contributed by atoms with Crippen LogP contribution in [0.5, 0.6) is 0 Å². The van der Waals surface area contributed by atoms with E-state index in [-0.39, 0.29) is 17.1 Å². The van der Waals surface area contributed by atoms with E-state index >= 15 is 0 Å². The maximum atomic E-state index is 13.0. The topological polar surface area (TPSA) is 59.4 Å². The number of sulfonamides is 1. The van der Waals surface area contributed by atoms with E-state index < -0.39 is 10.0 Å². The second-order valence-corrected chi connectivity index (χ2v) is 13.3. The molecule has 0 radical (unpaired) electrons. The Kier molecular flexibility index (Phi) is 7.12. The Morgan fingerprint density at radius 1 is 1.06 bits per heavy atom. The quantitative estimate of drug-likeness (QED) is 0.536. The van der Waals surface area contributed by atoms with Crippen LogP contribution in [0.1, 0.15) is 81.5 Å². The van der Waals surface area contributed by atoms with Gasteiger partial charge in [-0.15, -0.1) is 0 Å². The van der Waals surface area contributed by atoms with Crippen molar-refractivity contribution in [2.45, 2.75) is 91.0 Å². The van der Waals surface area contributed by atoms with Crippen LogP contribution in [0.2, 0.25) is 0 Å². The van der Waals surface area contributed by atoms with E-state index in [9.17, 15) is 13.2 Å². The molecule has 186 valence electrons. The predicted molar refractivity (Wildman–Crippen MR) is 137 cm³/mol. The number of rotatable bonds is 7. The molecule has 1 saturated heterocycles. The zero-order valence-corrected chi connectivity index (χ0v) is 22.3. The van der Waals surface area contributed by atoms with E-state index in [1.165, 1.54) is 22.5 Å². The molecule has 1 aromatic carbocycles. The number of aromatic nitrogens is 1. The van der Waals surface area contributed by atoms with Gasteiger partial charge in [0.25, 0.3) is 0 Å². The number of nitrogens with zero attached hydrogens (tertiary/aromatic N) is 2. The van der Waals surface area contributed by atoms with Crippen LogP contribution in [0.15, 0.2) is 29.2 Å². The van der Waals surface area contributed by atoms with E-state index in [0.717, 1.165) is 50.5 Å². The van der Waals surface area contributed by atoms with Crippen LogP contribution in [0.25, 0.3) is 0 Å². The summed E-state index contributed by atoms with van der Waals surface area (Å²) < 4.78 is 29.9. The molecule has 0 bridgehead atoms. The van der Waals surface area contributed by atoms with E-state index in [2.05, 4.69) is 25.3 Å². The molecule has 0 saturated carbocycles. The lowest BCUT2D eigenvalue weighted by Crippen LogP contribution is -2.35. The van der Waals surface area contributed by atoms with Gasteiger partial charge in [0, 0.05) is 30.4 Å². The monoisotopic (exact) mass is 484 g/mol. The first-order valence-corrected chi connectivity index (χ1v) is 14.2. The standard InChI is InChI=1S/C28H40N2O3S/c1-20(2)27(31)19-30-21(3)24(25-18-28(4,5)14-13-26(25)30)17-22-9-11-23(12-10-22)34(32,33)29-15-7-6-8-16-29/h9-12,20H,6-8,13-19H2,1-5H3. The molecule has 5 nitrogen and oxygen atoms in total. The zero-order chi connectivity index (χ0) is 24.7. The number of benzene rings is 1. The number of hydrogen-bond donors (Lipinski definition) is 0. The fourth-order valence-electron chi connectivity index (χ4n) is 5.46. The molecule has 0 spiro atoms. The number of Topliss-reactive ketones (excluding diaryl/α,β-unsaturated/α-hetero) is 1. The van der Waals surface area contributed by atoms with Crippen LogP contribution >= 0.6 is 0 Å². The van der Waals surface area contributed by atoms with Crippen molar-refractivity contribution >= 4 is 15.8 Å². The van der Waals surface area contributed by atoms with Crippen LogP contribution < -0.4 is 0 Å². The summed E-state index contributed by atoms with van der Waals surface area (Å²) in [6.45, 7) is 12.4. The van der Waals surface area contributed by atoms with Gasteiger partial charge >= 0.3 is 0 Å². The molecular formula is C28H40N2O3S. The number of ketones is 1. The Bertz CT molecular complexity index is 1150. The van der Waals surface area contributed by atoms with Crippen molar-refractivity contribution in [1.82, 2.24) is 8.87 Å². The van der Waals surface area contributed by atoms with Gasteiger partial charge in [-0.05, 0) is 79.7 Å². The first-order chi connectivity index (χ1) is 16.0. The molecule has 4 rings (SSSR count). The smallest absolute Gasteiger partial charge is 0.243 e. The summed E-state index contributed by atoms with van der Waals surface area (Å²) in [5.41, 5.74) is 6.57. The van der Waals surface area contributed by atoms with Gasteiger partial charge in [0.05, 0.1) is 11.4 Å². The van der Waals surface area contributed by atoms with Gasteiger partial charge in [-0.3, -0.25) is 4.79 Å². The first-order valence-electron chi connectivity index (χ1n) is 12.8. The van der Waals surface area contributed by atoms with Crippen molar-refractivity contribution in [3.63, 3.8) is 0 Å². The Morgan fingerprint density at radius 2 is 1.71 bits per heavy atom. The van der Waals surface area contributed by atoms with Crippen molar-refractivity contribution < 1.29 is 13.2 Å². The van der Waals surface area contributed by atoms with Crippen LogP contribution in [0.4, 0.5) is 0 Å². The first kappa shape index (κ1) is 25.2. The molecule has 1 aliphatic heterocycles. The van der Waals surface area contributed by atoms with Crippen molar-refractivity contribution in [3.05, 3.63) is 52.3 Å². The lowest BCUT2D eigenvalue weighted by molar-refractivity contribution is -0.122. The van der Waals surface area contributed by atoms with Crippen molar-refractivity contribution in [2.75, 3.05) is 13.1 Å². The highest BCUT2D eigenvalue weighted by atomic mass is 32.2. The summed E-state index contributed by atoms with van der Waals surface area (Å²) in [4.78, 5) is 13.0. The van der Waals surface area contributed by atoms with Crippen molar-refractivity contribution in [3.8, 4) is 0 Å². The normalized spacial score (nSPS) is 18.8. The number of hydrogen-bond acceptors (Lipinski definition) is 3. The molecule has 1 aromatic heterocycles. The lowest BCUT2D eigenvalue weighted by atomic mass is 9.75. The largest absolute Gasteiger partial charge is 0.341 e. The van der Waals surface area contributed by atoms with E-state index in [4.69, 9.17) is 0 Å². The molecule has 1 fully saturated rings. The average Bonchev–Trinajstić information content (AvgIpc) is 3.04. The predicted octanol–water partition coefficient (Wildman–Crippen LogP) is 5.30. The summed E-state index contributed by atoms with van der Waals surface area (Å²) in [5, 5.41) is 0. The molecule has 0 N–H and O–H groups in total. The van der Waals surface area contributed by atoms with E-state index in [1.807, 2.05) is 26.0 Å². The van der Waals surface area contributed by atoms with Crippen LogP contribution in [0.3, 0.4) is 0 Å². The minimum Gasteiger partial charge on any atom is -0.341 e. The number of carbonyl (C=O) groups is 1. The summed E-state index contributed by atoms with van der Waals surface area (Å²) in [6.07, 6.45) is 6.89. The third-order valence-corrected chi connectivity index (χ3v) is 9.70. The molecule has 0 atom stereocenters. The van der Waals surface area contributed by atoms with Crippen molar-refractivity contribution in [1.29, 1.82) is 0 Å². The van der Waals surface area contributed by atoms with Gasteiger partial charge in [-0.2, -0.15) is 4.31 Å². The molecule has 0 unspecified atom stereocenters. The molecule has 2 aliphatic rings. The number of carbonyl (C=O) groups excluding carboxylic acids is 1. The number of piperidine rings is 1. The summed E-state index contributed by atoms with van der Waals surface area (Å²) >= 11 is 0. The van der Waals surface area contributed by atoms with Crippen LogP contribution in [-0.2, 0) is 40.6 Å². The Hall–Kier alpha value is -1.92. The molecule has 6 heteroatoms.